The fourth-order valence-electron chi connectivity index (χ4n) is 1.54. The summed E-state index contributed by atoms with van der Waals surface area (Å²) in [6.45, 7) is 0. The van der Waals surface area contributed by atoms with Gasteiger partial charge in [-0.25, -0.2) is 0 Å². The summed E-state index contributed by atoms with van der Waals surface area (Å²) in [5, 5.41) is 0.467. The van der Waals surface area contributed by atoms with Crippen LogP contribution < -0.4 is 10.5 Å². The van der Waals surface area contributed by atoms with Gasteiger partial charge in [0.2, 0.25) is 5.78 Å². The van der Waals surface area contributed by atoms with Crippen LogP contribution in [0.15, 0.2) is 36.5 Å². The number of anilines is 1. The average Bonchev–Trinajstić information content (AvgIpc) is 2.39. The molecule has 4 nitrogen and oxygen atoms in total. The summed E-state index contributed by atoms with van der Waals surface area (Å²) in [4.78, 5) is 16.2. The highest BCUT2D eigenvalue weighted by Gasteiger charge is 2.16. The summed E-state index contributed by atoms with van der Waals surface area (Å²) in [5.41, 5.74) is 6.70. The molecule has 1 heterocycles. The van der Waals surface area contributed by atoms with E-state index in [1.807, 2.05) is 0 Å². The zero-order valence-electron chi connectivity index (χ0n) is 9.68. The number of hydrogen-bond acceptors (Lipinski definition) is 4. The van der Waals surface area contributed by atoms with Crippen molar-refractivity contribution in [1.82, 2.24) is 4.98 Å². The van der Waals surface area contributed by atoms with Gasteiger partial charge in [0.15, 0.2) is 0 Å². The van der Waals surface area contributed by atoms with Crippen molar-refractivity contribution in [3.05, 3.63) is 52.8 Å². The molecular weight excluding hydrogens is 252 g/mol. The van der Waals surface area contributed by atoms with Crippen LogP contribution >= 0.6 is 11.6 Å². The molecule has 0 unspecified atom stereocenters. The molecule has 1 aromatic heterocycles. The van der Waals surface area contributed by atoms with Crippen molar-refractivity contribution in [3.63, 3.8) is 0 Å². The highest BCUT2D eigenvalue weighted by molar-refractivity contribution is 6.31. The number of halogens is 1. The Kier molecular flexibility index (Phi) is 3.48. The molecule has 0 atom stereocenters. The third-order valence-corrected chi connectivity index (χ3v) is 2.66. The molecule has 2 rings (SSSR count). The van der Waals surface area contributed by atoms with Gasteiger partial charge in [-0.15, -0.1) is 0 Å². The molecule has 5 heteroatoms. The summed E-state index contributed by atoms with van der Waals surface area (Å²) < 4.78 is 5.13. The maximum absolute atomic E-state index is 12.2. The standard InChI is InChI=1S/C13H11ClN2O2/c1-18-12-5-2-8(14)6-10(12)13(17)11-4-3-9(15)7-16-11/h2-7H,15H2,1H3. The van der Waals surface area contributed by atoms with E-state index in [1.165, 1.54) is 13.3 Å². The lowest BCUT2D eigenvalue weighted by Crippen LogP contribution is -2.06. The SMILES string of the molecule is COc1ccc(Cl)cc1C(=O)c1ccc(N)cn1. The Labute approximate surface area is 109 Å². The van der Waals surface area contributed by atoms with Crippen LogP contribution in [0, 0.1) is 0 Å². The number of carbonyl (C=O) groups excluding carboxylic acids is 1. The third-order valence-electron chi connectivity index (χ3n) is 2.43. The molecule has 0 radical (unpaired) electrons. The van der Waals surface area contributed by atoms with E-state index in [0.29, 0.717) is 27.7 Å². The Balaban J connectivity index is 2.45. The summed E-state index contributed by atoms with van der Waals surface area (Å²) in [5.74, 6) is 0.206. The predicted molar refractivity (Wildman–Crippen MR) is 70.1 cm³/mol. The van der Waals surface area contributed by atoms with Gasteiger partial charge in [-0.05, 0) is 30.3 Å². The van der Waals surface area contributed by atoms with Crippen molar-refractivity contribution in [2.24, 2.45) is 0 Å². The molecule has 0 saturated carbocycles. The van der Waals surface area contributed by atoms with Crippen molar-refractivity contribution >= 4 is 23.1 Å². The quantitative estimate of drug-likeness (QED) is 0.864. The van der Waals surface area contributed by atoms with Crippen LogP contribution in [0.25, 0.3) is 0 Å². The summed E-state index contributed by atoms with van der Waals surface area (Å²) in [6, 6.07) is 8.05. The van der Waals surface area contributed by atoms with Crippen molar-refractivity contribution < 1.29 is 9.53 Å². The Hall–Kier alpha value is -2.07. The molecule has 92 valence electrons. The fraction of sp³-hybridized carbons (Fsp3) is 0.0769. The minimum atomic E-state index is -0.255. The molecule has 2 N–H and O–H groups in total. The number of rotatable bonds is 3. The van der Waals surface area contributed by atoms with E-state index < -0.39 is 0 Å². The van der Waals surface area contributed by atoms with Crippen molar-refractivity contribution in [2.45, 2.75) is 0 Å². The monoisotopic (exact) mass is 262 g/mol. The number of ether oxygens (including phenoxy) is 1. The number of nitrogens with zero attached hydrogens (tertiary/aromatic N) is 1. The third kappa shape index (κ3) is 2.43. The second-order valence-corrected chi connectivity index (χ2v) is 4.09. The number of ketones is 1. The number of aromatic nitrogens is 1. The smallest absolute Gasteiger partial charge is 0.215 e. The van der Waals surface area contributed by atoms with Gasteiger partial charge < -0.3 is 10.5 Å². The number of methoxy groups -OCH3 is 1. The number of benzene rings is 1. The number of pyridine rings is 1. The maximum atomic E-state index is 12.2. The predicted octanol–water partition coefficient (Wildman–Crippen LogP) is 2.56. The van der Waals surface area contributed by atoms with Crippen molar-refractivity contribution in [3.8, 4) is 5.75 Å². The molecular formula is C13H11ClN2O2. The molecule has 18 heavy (non-hydrogen) atoms. The molecule has 0 spiro atoms. The summed E-state index contributed by atoms with van der Waals surface area (Å²) >= 11 is 5.88. The average molecular weight is 263 g/mol. The normalized spacial score (nSPS) is 10.1. The highest BCUT2D eigenvalue weighted by atomic mass is 35.5. The molecule has 0 saturated heterocycles. The molecule has 2 aromatic rings. The molecule has 0 fully saturated rings. The molecule has 0 bridgehead atoms. The molecule has 0 amide bonds. The Bertz CT molecular complexity index is 582. The van der Waals surface area contributed by atoms with Crippen molar-refractivity contribution in [1.29, 1.82) is 0 Å². The van der Waals surface area contributed by atoms with Crippen LogP contribution in [0.2, 0.25) is 5.02 Å². The first kappa shape index (κ1) is 12.4. The number of carbonyl (C=O) groups is 1. The number of nitrogens with two attached hydrogens (primary N) is 1. The summed E-state index contributed by atoms with van der Waals surface area (Å²) in [6.07, 6.45) is 1.43. The van der Waals surface area contributed by atoms with Gasteiger partial charge in [0.25, 0.3) is 0 Å². The molecule has 1 aromatic carbocycles. The van der Waals surface area contributed by atoms with Gasteiger partial charge in [0.1, 0.15) is 11.4 Å². The van der Waals surface area contributed by atoms with Gasteiger partial charge in [-0.1, -0.05) is 11.6 Å². The number of nitrogen functional groups attached to an aromatic ring is 1. The van der Waals surface area contributed by atoms with E-state index in [2.05, 4.69) is 4.98 Å². The Morgan fingerprint density at radius 3 is 2.72 bits per heavy atom. The zero-order chi connectivity index (χ0) is 13.1. The molecule has 0 aliphatic rings. The Morgan fingerprint density at radius 2 is 2.11 bits per heavy atom. The molecule has 0 aliphatic heterocycles. The van der Waals surface area contributed by atoms with Gasteiger partial charge in [-0.2, -0.15) is 0 Å². The van der Waals surface area contributed by atoms with Crippen LogP contribution in [0.5, 0.6) is 5.75 Å². The first-order valence-corrected chi connectivity index (χ1v) is 5.59. The first-order chi connectivity index (χ1) is 8.61. The minimum Gasteiger partial charge on any atom is -0.496 e. The van der Waals surface area contributed by atoms with Crippen LogP contribution in [-0.2, 0) is 0 Å². The lowest BCUT2D eigenvalue weighted by Gasteiger charge is -2.07. The van der Waals surface area contributed by atoms with Crippen LogP contribution in [0.1, 0.15) is 16.1 Å². The zero-order valence-corrected chi connectivity index (χ0v) is 10.4. The van der Waals surface area contributed by atoms with E-state index in [1.54, 1.807) is 30.3 Å². The van der Waals surface area contributed by atoms with Gasteiger partial charge >= 0.3 is 0 Å². The first-order valence-electron chi connectivity index (χ1n) is 5.21. The van der Waals surface area contributed by atoms with Crippen LogP contribution in [0.3, 0.4) is 0 Å². The second-order valence-electron chi connectivity index (χ2n) is 3.65. The van der Waals surface area contributed by atoms with Crippen LogP contribution in [0.4, 0.5) is 5.69 Å². The topological polar surface area (TPSA) is 65.2 Å². The van der Waals surface area contributed by atoms with E-state index in [4.69, 9.17) is 22.1 Å². The van der Waals surface area contributed by atoms with Crippen LogP contribution in [-0.4, -0.2) is 17.9 Å². The van der Waals surface area contributed by atoms with Crippen molar-refractivity contribution in [2.75, 3.05) is 12.8 Å². The van der Waals surface area contributed by atoms with Gasteiger partial charge in [0.05, 0.1) is 24.6 Å². The largest absolute Gasteiger partial charge is 0.496 e. The van der Waals surface area contributed by atoms with Gasteiger partial charge in [-0.3, -0.25) is 9.78 Å². The minimum absolute atomic E-state index is 0.255. The number of hydrogen-bond donors (Lipinski definition) is 1. The van der Waals surface area contributed by atoms with E-state index in [-0.39, 0.29) is 5.78 Å². The van der Waals surface area contributed by atoms with E-state index in [9.17, 15) is 4.79 Å². The lowest BCUT2D eigenvalue weighted by molar-refractivity contribution is 0.103. The second kappa shape index (κ2) is 5.06. The maximum Gasteiger partial charge on any atom is 0.215 e. The highest BCUT2D eigenvalue weighted by Crippen LogP contribution is 2.24. The fourth-order valence-corrected chi connectivity index (χ4v) is 1.71. The van der Waals surface area contributed by atoms with E-state index >= 15 is 0 Å². The van der Waals surface area contributed by atoms with E-state index in [0.717, 1.165) is 0 Å². The Morgan fingerprint density at radius 1 is 1.33 bits per heavy atom. The summed E-state index contributed by atoms with van der Waals surface area (Å²) in [7, 11) is 1.50. The van der Waals surface area contributed by atoms with Gasteiger partial charge in [0, 0.05) is 5.02 Å². The lowest BCUT2D eigenvalue weighted by atomic mass is 10.1. The molecule has 0 aliphatic carbocycles.